The minimum absolute atomic E-state index is 0.0954. The average Bonchev–Trinajstić information content (AvgIpc) is 2.72. The van der Waals surface area contributed by atoms with Gasteiger partial charge >= 0.3 is 7.60 Å². The summed E-state index contributed by atoms with van der Waals surface area (Å²) in [4.78, 5) is 0. The van der Waals surface area contributed by atoms with Crippen molar-refractivity contribution in [2.24, 2.45) is 0 Å². The lowest BCUT2D eigenvalue weighted by Gasteiger charge is -2.19. The SMILES string of the molecule is CCOP(=O)(OCC)C(C#N)=C(SCc1ccccc1)SCc1ccccc1. The molecule has 0 bridgehead atoms. The van der Waals surface area contributed by atoms with Gasteiger partial charge in [-0.05, 0) is 25.0 Å². The molecule has 2 aromatic rings. The number of allylic oxidation sites excluding steroid dienone is 1. The number of nitriles is 1. The van der Waals surface area contributed by atoms with Crippen LogP contribution in [0.5, 0.6) is 0 Å². The monoisotopic (exact) mass is 433 g/mol. The Morgan fingerprint density at radius 2 is 1.32 bits per heavy atom. The highest BCUT2D eigenvalue weighted by Crippen LogP contribution is 2.59. The number of thioether (sulfide) groups is 2. The van der Waals surface area contributed by atoms with Crippen molar-refractivity contribution in [2.75, 3.05) is 13.2 Å². The summed E-state index contributed by atoms with van der Waals surface area (Å²) in [7, 11) is -3.65. The van der Waals surface area contributed by atoms with Gasteiger partial charge in [0.25, 0.3) is 0 Å². The second-order valence-corrected chi connectivity index (χ2v) is 9.82. The molecule has 0 spiro atoms. The van der Waals surface area contributed by atoms with E-state index in [-0.39, 0.29) is 18.5 Å². The molecule has 0 unspecified atom stereocenters. The van der Waals surface area contributed by atoms with Gasteiger partial charge in [-0.3, -0.25) is 4.57 Å². The molecule has 2 aromatic carbocycles. The fourth-order valence-corrected chi connectivity index (χ4v) is 6.80. The lowest BCUT2D eigenvalue weighted by molar-refractivity contribution is 0.227. The molecule has 28 heavy (non-hydrogen) atoms. The van der Waals surface area contributed by atoms with Gasteiger partial charge in [0.05, 0.1) is 17.5 Å². The molecule has 0 aliphatic rings. The van der Waals surface area contributed by atoms with Gasteiger partial charge in [0.1, 0.15) is 6.07 Å². The third kappa shape index (κ3) is 6.84. The topological polar surface area (TPSA) is 59.3 Å². The highest BCUT2D eigenvalue weighted by Gasteiger charge is 2.33. The molecule has 0 radical (unpaired) electrons. The van der Waals surface area contributed by atoms with Gasteiger partial charge in [-0.25, -0.2) is 0 Å². The third-order valence-electron chi connectivity index (χ3n) is 3.60. The minimum atomic E-state index is -3.65. The predicted molar refractivity (Wildman–Crippen MR) is 119 cm³/mol. The smallest absolute Gasteiger partial charge is 0.305 e. The van der Waals surface area contributed by atoms with Crippen LogP contribution in [0.4, 0.5) is 0 Å². The largest absolute Gasteiger partial charge is 0.373 e. The van der Waals surface area contributed by atoms with E-state index < -0.39 is 7.60 Å². The summed E-state index contributed by atoms with van der Waals surface area (Å²) < 4.78 is 24.8. The summed E-state index contributed by atoms with van der Waals surface area (Å²) in [6.07, 6.45) is 0. The Labute approximate surface area is 175 Å². The molecular formula is C21H24NO3PS2. The lowest BCUT2D eigenvalue weighted by Crippen LogP contribution is -1.99. The molecule has 0 saturated carbocycles. The first-order valence-electron chi connectivity index (χ1n) is 9.00. The van der Waals surface area contributed by atoms with Gasteiger partial charge in [-0.15, -0.1) is 23.5 Å². The van der Waals surface area contributed by atoms with Crippen LogP contribution in [0.2, 0.25) is 0 Å². The highest BCUT2D eigenvalue weighted by atomic mass is 32.2. The van der Waals surface area contributed by atoms with Crippen LogP contribution < -0.4 is 0 Å². The zero-order valence-electron chi connectivity index (χ0n) is 16.0. The molecule has 0 atom stereocenters. The van der Waals surface area contributed by atoms with E-state index in [0.717, 1.165) is 11.1 Å². The lowest BCUT2D eigenvalue weighted by atomic mass is 10.2. The molecular weight excluding hydrogens is 409 g/mol. The Bertz CT molecular complexity index is 795. The Morgan fingerprint density at radius 1 is 0.893 bits per heavy atom. The molecule has 148 valence electrons. The van der Waals surface area contributed by atoms with Gasteiger partial charge in [0.15, 0.2) is 5.31 Å². The number of hydrogen-bond donors (Lipinski definition) is 0. The van der Waals surface area contributed by atoms with Crippen molar-refractivity contribution in [3.05, 3.63) is 81.3 Å². The van der Waals surface area contributed by atoms with Gasteiger partial charge in [-0.2, -0.15) is 5.26 Å². The average molecular weight is 434 g/mol. The number of nitrogens with zero attached hydrogens (tertiary/aromatic N) is 1. The molecule has 0 amide bonds. The Hall–Kier alpha value is -1.48. The van der Waals surface area contributed by atoms with Crippen molar-refractivity contribution in [3.8, 4) is 6.07 Å². The van der Waals surface area contributed by atoms with E-state index in [2.05, 4.69) is 6.07 Å². The van der Waals surface area contributed by atoms with Crippen LogP contribution in [0, 0.1) is 11.3 Å². The standard InChI is InChI=1S/C21H24NO3PS2/c1-3-24-26(23,25-4-2)20(15-22)21(27-16-18-11-7-5-8-12-18)28-17-19-13-9-6-10-14-19/h5-14H,3-4,16-17H2,1-2H3. The molecule has 7 heteroatoms. The first kappa shape index (κ1) is 22.8. The van der Waals surface area contributed by atoms with Gasteiger partial charge < -0.3 is 9.05 Å². The molecule has 0 heterocycles. The van der Waals surface area contributed by atoms with E-state index in [9.17, 15) is 9.83 Å². The van der Waals surface area contributed by atoms with Crippen molar-refractivity contribution in [2.45, 2.75) is 25.4 Å². The van der Waals surface area contributed by atoms with E-state index in [0.29, 0.717) is 15.7 Å². The van der Waals surface area contributed by atoms with E-state index in [1.165, 1.54) is 23.5 Å². The van der Waals surface area contributed by atoms with E-state index in [4.69, 9.17) is 9.05 Å². The summed E-state index contributed by atoms with van der Waals surface area (Å²) in [6, 6.07) is 22.1. The summed E-state index contributed by atoms with van der Waals surface area (Å²) >= 11 is 2.99. The van der Waals surface area contributed by atoms with Crippen molar-refractivity contribution in [1.82, 2.24) is 0 Å². The van der Waals surface area contributed by atoms with Gasteiger partial charge in [0.2, 0.25) is 0 Å². The fraction of sp³-hybridized carbons (Fsp3) is 0.286. The van der Waals surface area contributed by atoms with Crippen LogP contribution in [0.15, 0.2) is 70.2 Å². The van der Waals surface area contributed by atoms with Gasteiger partial charge in [-0.1, -0.05) is 60.7 Å². The summed E-state index contributed by atoms with van der Waals surface area (Å²) in [5.74, 6) is 1.34. The van der Waals surface area contributed by atoms with Crippen LogP contribution in [0.25, 0.3) is 0 Å². The second-order valence-electron chi connectivity index (χ2n) is 5.63. The Morgan fingerprint density at radius 3 is 1.68 bits per heavy atom. The van der Waals surface area contributed by atoms with Crippen LogP contribution in [-0.2, 0) is 25.1 Å². The fourth-order valence-electron chi connectivity index (χ4n) is 2.35. The zero-order valence-corrected chi connectivity index (χ0v) is 18.6. The van der Waals surface area contributed by atoms with E-state index >= 15 is 0 Å². The van der Waals surface area contributed by atoms with Crippen LogP contribution in [0.1, 0.15) is 25.0 Å². The van der Waals surface area contributed by atoms with Crippen molar-refractivity contribution < 1.29 is 13.6 Å². The molecule has 0 aliphatic carbocycles. The number of rotatable bonds is 11. The summed E-state index contributed by atoms with van der Waals surface area (Å²) in [5.41, 5.74) is 2.26. The normalized spacial score (nSPS) is 11.0. The molecule has 0 fully saturated rings. The van der Waals surface area contributed by atoms with E-state index in [1.54, 1.807) is 13.8 Å². The molecule has 0 aromatic heterocycles. The maximum atomic E-state index is 13.3. The van der Waals surface area contributed by atoms with Crippen molar-refractivity contribution in [1.29, 1.82) is 5.26 Å². The number of hydrogen-bond acceptors (Lipinski definition) is 6. The Balaban J connectivity index is 2.33. The van der Waals surface area contributed by atoms with Crippen molar-refractivity contribution in [3.63, 3.8) is 0 Å². The minimum Gasteiger partial charge on any atom is -0.305 e. The summed E-state index contributed by atoms with van der Waals surface area (Å²) in [5, 5.41) is 9.91. The van der Waals surface area contributed by atoms with E-state index in [1.807, 2.05) is 60.7 Å². The summed E-state index contributed by atoms with van der Waals surface area (Å²) in [6.45, 7) is 3.91. The van der Waals surface area contributed by atoms with Crippen LogP contribution in [0.3, 0.4) is 0 Å². The predicted octanol–water partition coefficient (Wildman–Crippen LogP) is 6.81. The molecule has 0 aliphatic heterocycles. The molecule has 0 N–H and O–H groups in total. The Kier molecular flexibility index (Phi) is 9.91. The first-order chi connectivity index (χ1) is 13.6. The molecule has 0 saturated heterocycles. The van der Waals surface area contributed by atoms with Crippen LogP contribution in [-0.4, -0.2) is 13.2 Å². The maximum absolute atomic E-state index is 13.3. The van der Waals surface area contributed by atoms with Crippen molar-refractivity contribution >= 4 is 31.1 Å². The maximum Gasteiger partial charge on any atom is 0.373 e. The molecule has 2 rings (SSSR count). The first-order valence-corrected chi connectivity index (χ1v) is 12.5. The highest BCUT2D eigenvalue weighted by molar-refractivity contribution is 8.21. The third-order valence-corrected chi connectivity index (χ3v) is 8.56. The number of benzene rings is 2. The van der Waals surface area contributed by atoms with Crippen LogP contribution >= 0.6 is 31.1 Å². The quantitative estimate of drug-likeness (QED) is 0.286. The van der Waals surface area contributed by atoms with Gasteiger partial charge in [0, 0.05) is 11.5 Å². The zero-order chi connectivity index (χ0) is 20.2. The molecule has 4 nitrogen and oxygen atoms in total. The second kappa shape index (κ2) is 12.2.